The van der Waals surface area contributed by atoms with E-state index in [-0.39, 0.29) is 58.7 Å². The Hall–Kier alpha value is 2.12. The first-order valence-electron chi connectivity index (χ1n) is 0.408. The van der Waals surface area contributed by atoms with Gasteiger partial charge in [-0.15, -0.1) is 0 Å². The van der Waals surface area contributed by atoms with E-state index >= 15 is 0 Å². The van der Waals surface area contributed by atoms with E-state index in [4.69, 9.17) is 0 Å². The van der Waals surface area contributed by atoms with Gasteiger partial charge in [0.15, 0.2) is 0 Å². The zero-order valence-corrected chi connectivity index (χ0v) is 8.70. The molecule has 0 aromatic heterocycles. The molecule has 0 aliphatic rings. The van der Waals surface area contributed by atoms with Crippen molar-refractivity contribution in [2.75, 3.05) is 0 Å². The molecular formula is C2H7PVY. The fourth-order valence-electron chi connectivity index (χ4n) is 0. The summed E-state index contributed by atoms with van der Waals surface area (Å²) >= 11 is 0. The first-order chi connectivity index (χ1) is 1.00. The summed E-state index contributed by atoms with van der Waals surface area (Å²) < 4.78 is 0. The molecular weight excluding hydrogens is 195 g/mol. The Morgan fingerprint density at radius 2 is 1.20 bits per heavy atom. The van der Waals surface area contributed by atoms with Crippen LogP contribution >= 0.6 is 9.24 Å². The molecule has 0 amide bonds. The predicted octanol–water partition coefficient (Wildman–Crippen LogP) is 1.10. The normalized spacial score (nSPS) is 1.20. The van der Waals surface area contributed by atoms with E-state index in [1.807, 2.05) is 0 Å². The van der Waals surface area contributed by atoms with E-state index in [0.29, 0.717) is 0 Å². The molecule has 0 heterocycles. The zero-order chi connectivity index (χ0) is 2.00. The van der Waals surface area contributed by atoms with E-state index in [1.54, 1.807) is 0 Å². The Bertz CT molecular complexity index is 9.61. The summed E-state index contributed by atoms with van der Waals surface area (Å²) in [5.41, 5.74) is 0. The number of rotatable bonds is 0. The standard InChI is InChI=1S/CH4P.CH3.V.Y/c1-2;;;/h1-2H2;1H3;;/q2*-1;+2;. The predicted molar refractivity (Wildman–Crippen MR) is 21.5 cm³/mol. The largest absolute Gasteiger partial charge is 2.00 e. The molecule has 0 aromatic rings. The van der Waals surface area contributed by atoms with Gasteiger partial charge in [-0.05, 0) is 0 Å². The van der Waals surface area contributed by atoms with Crippen LogP contribution in [0.3, 0.4) is 0 Å². The smallest absolute Gasteiger partial charge is 0.358 e. The van der Waals surface area contributed by atoms with E-state index in [9.17, 15) is 0 Å². The zero-order valence-electron chi connectivity index (χ0n) is 3.31. The van der Waals surface area contributed by atoms with Crippen LogP contribution < -0.4 is 0 Å². The Balaban J connectivity index is -0.00000000167. The molecule has 0 saturated carbocycles. The first-order valence-corrected chi connectivity index (χ1v) is 1.22. The van der Waals surface area contributed by atoms with Crippen LogP contribution in [0, 0.1) is 14.1 Å². The van der Waals surface area contributed by atoms with Crippen LogP contribution in [0.4, 0.5) is 0 Å². The van der Waals surface area contributed by atoms with Gasteiger partial charge in [0.25, 0.3) is 0 Å². The monoisotopic (exact) mass is 202 g/mol. The molecule has 2 radical (unpaired) electrons. The van der Waals surface area contributed by atoms with Crippen LogP contribution in [0.5, 0.6) is 0 Å². The molecule has 3 heteroatoms. The van der Waals surface area contributed by atoms with Gasteiger partial charge in [-0.25, -0.2) is 0 Å². The van der Waals surface area contributed by atoms with Crippen LogP contribution in [0.2, 0.25) is 0 Å². The van der Waals surface area contributed by atoms with Crippen LogP contribution in [0.15, 0.2) is 0 Å². The minimum absolute atomic E-state index is 0. The summed E-state index contributed by atoms with van der Waals surface area (Å²) in [5.74, 6) is 0. The topological polar surface area (TPSA) is 0 Å². The van der Waals surface area contributed by atoms with Gasteiger partial charge in [0, 0.05) is 32.7 Å². The molecule has 0 saturated heterocycles. The van der Waals surface area contributed by atoms with Gasteiger partial charge in [-0.1, -0.05) is 0 Å². The van der Waals surface area contributed by atoms with Crippen LogP contribution in [-0.4, -0.2) is 0 Å². The quantitative estimate of drug-likeness (QED) is 0.407. The molecule has 0 aliphatic heterocycles. The summed E-state index contributed by atoms with van der Waals surface area (Å²) in [5, 5.41) is 0. The van der Waals surface area contributed by atoms with Crippen molar-refractivity contribution in [3.63, 3.8) is 0 Å². The molecule has 0 nitrogen and oxygen atoms in total. The second-order valence-corrected chi connectivity index (χ2v) is 0. The van der Waals surface area contributed by atoms with Crippen molar-refractivity contribution < 1.29 is 51.3 Å². The number of hydrogen-bond donors (Lipinski definition) is 0. The molecule has 0 rings (SSSR count). The van der Waals surface area contributed by atoms with Gasteiger partial charge in [0.2, 0.25) is 0 Å². The molecule has 1 unspecified atom stereocenters. The van der Waals surface area contributed by atoms with Crippen molar-refractivity contribution >= 4 is 9.24 Å². The summed E-state index contributed by atoms with van der Waals surface area (Å²) in [6.07, 6.45) is 0. The van der Waals surface area contributed by atoms with Crippen molar-refractivity contribution in [1.29, 1.82) is 0 Å². The van der Waals surface area contributed by atoms with Crippen molar-refractivity contribution in [3.8, 4) is 0 Å². The van der Waals surface area contributed by atoms with E-state index in [0.717, 1.165) is 0 Å². The second kappa shape index (κ2) is 35.7. The molecule has 0 aliphatic carbocycles. The molecule has 0 aromatic carbocycles. The second-order valence-electron chi connectivity index (χ2n) is 0. The van der Waals surface area contributed by atoms with Crippen molar-refractivity contribution in [1.82, 2.24) is 0 Å². The average molecular weight is 202 g/mol. The Morgan fingerprint density at radius 1 is 1.20 bits per heavy atom. The average Bonchev–Trinajstić information content (AvgIpc) is 1.00. The fraction of sp³-hybridized carbons (Fsp3) is 0. The third-order valence-corrected chi connectivity index (χ3v) is 0. The maximum absolute atomic E-state index is 3.17. The molecule has 0 N–H and O–H groups in total. The van der Waals surface area contributed by atoms with Gasteiger partial charge in [0.05, 0.1) is 0 Å². The summed E-state index contributed by atoms with van der Waals surface area (Å²) in [4.78, 5) is 0. The SMILES string of the molecule is [CH2-]P.[CH3-].[V+2].[Y]. The van der Waals surface area contributed by atoms with E-state index in [1.165, 1.54) is 0 Å². The molecule has 1 atom stereocenters. The molecule has 0 fully saturated rings. The number of hydrogen-bond acceptors (Lipinski definition) is 0. The van der Waals surface area contributed by atoms with Crippen LogP contribution in [0.25, 0.3) is 0 Å². The van der Waals surface area contributed by atoms with Gasteiger partial charge in [-0.2, -0.15) is 0 Å². The van der Waals surface area contributed by atoms with Gasteiger partial charge < -0.3 is 23.3 Å². The maximum atomic E-state index is 3.17. The third kappa shape index (κ3) is 23.1. The van der Waals surface area contributed by atoms with Gasteiger partial charge in [-0.3, -0.25) is 0 Å². The van der Waals surface area contributed by atoms with Crippen molar-refractivity contribution in [2.45, 2.75) is 0 Å². The van der Waals surface area contributed by atoms with Crippen molar-refractivity contribution in [3.05, 3.63) is 14.1 Å². The molecule has 28 valence electrons. The summed E-state index contributed by atoms with van der Waals surface area (Å²) in [6.45, 7) is 3.17. The Morgan fingerprint density at radius 3 is 1.20 bits per heavy atom. The molecule has 5 heavy (non-hydrogen) atoms. The third-order valence-electron chi connectivity index (χ3n) is 0. The summed E-state index contributed by atoms with van der Waals surface area (Å²) in [6, 6.07) is 0. The fourth-order valence-corrected chi connectivity index (χ4v) is 0. The van der Waals surface area contributed by atoms with Gasteiger partial charge >= 0.3 is 18.6 Å². The molecule has 0 spiro atoms. The molecule has 0 bridgehead atoms. The minimum Gasteiger partial charge on any atom is -0.358 e. The van der Waals surface area contributed by atoms with Crippen LogP contribution in [0.1, 0.15) is 0 Å². The van der Waals surface area contributed by atoms with E-state index < -0.39 is 0 Å². The first kappa shape index (κ1) is 27.4. The van der Waals surface area contributed by atoms with Crippen molar-refractivity contribution in [2.24, 2.45) is 0 Å². The van der Waals surface area contributed by atoms with E-state index in [2.05, 4.69) is 15.9 Å². The van der Waals surface area contributed by atoms with Gasteiger partial charge in [0.1, 0.15) is 0 Å². The maximum Gasteiger partial charge on any atom is 2.00 e. The van der Waals surface area contributed by atoms with Crippen LogP contribution in [-0.2, 0) is 51.3 Å². The Kier molecular flexibility index (Phi) is 196. The summed E-state index contributed by atoms with van der Waals surface area (Å²) in [7, 11) is 2.17. The Labute approximate surface area is 73.8 Å². The minimum atomic E-state index is 0.